The lowest BCUT2D eigenvalue weighted by Gasteiger charge is -2.28. The van der Waals surface area contributed by atoms with E-state index in [9.17, 15) is 9.59 Å². The van der Waals surface area contributed by atoms with Gasteiger partial charge in [0.2, 0.25) is 5.91 Å². The molecule has 4 N–H and O–H groups in total. The molecule has 0 bridgehead atoms. The Morgan fingerprint density at radius 1 is 1.12 bits per heavy atom. The number of aryl methyl sites for hydroxylation is 2. The van der Waals surface area contributed by atoms with E-state index in [1.165, 1.54) is 0 Å². The number of piperidine rings is 1. The molecule has 4 heterocycles. The van der Waals surface area contributed by atoms with Crippen LogP contribution in [0.5, 0.6) is 0 Å². The molecule has 4 rings (SSSR count). The van der Waals surface area contributed by atoms with Crippen LogP contribution >= 0.6 is 0 Å². The third-order valence-electron chi connectivity index (χ3n) is 5.58. The van der Waals surface area contributed by atoms with Crippen LogP contribution in [0.2, 0.25) is 0 Å². The van der Waals surface area contributed by atoms with Gasteiger partial charge in [-0.25, -0.2) is 9.67 Å². The Morgan fingerprint density at radius 2 is 1.76 bits per heavy atom. The van der Waals surface area contributed by atoms with Gasteiger partial charge >= 0.3 is 0 Å². The van der Waals surface area contributed by atoms with Crippen LogP contribution in [0.25, 0.3) is 11.0 Å². The minimum absolute atomic E-state index is 0.0474. The summed E-state index contributed by atoms with van der Waals surface area (Å²) >= 11 is 0. The number of amides is 1. The maximum absolute atomic E-state index is 11.3. The molecule has 1 aliphatic rings. The molecule has 0 aliphatic carbocycles. The normalized spacial score (nSPS) is 13.6. The van der Waals surface area contributed by atoms with E-state index < -0.39 is 0 Å². The Hall–Kier alpha value is -3.17. The van der Waals surface area contributed by atoms with Crippen molar-refractivity contribution in [3.8, 4) is 0 Å². The highest BCUT2D eigenvalue weighted by atomic mass is 16.2. The number of nitrogens with two attached hydrogens (primary N) is 2. The first-order valence-corrected chi connectivity index (χ1v) is 11.2. The minimum Gasteiger partial charge on any atom is -0.343 e. The maximum Gasteiger partial charge on any atom is 0.219 e. The van der Waals surface area contributed by atoms with Gasteiger partial charge in [-0.2, -0.15) is 5.10 Å². The molecule has 0 atom stereocenters. The van der Waals surface area contributed by atoms with Gasteiger partial charge in [0.25, 0.3) is 0 Å². The second-order valence-corrected chi connectivity index (χ2v) is 7.95. The van der Waals surface area contributed by atoms with E-state index in [1.54, 1.807) is 38.6 Å². The molecule has 9 nitrogen and oxygen atoms in total. The summed E-state index contributed by atoms with van der Waals surface area (Å²) in [6.45, 7) is 10.2. The minimum atomic E-state index is 0.0474. The lowest BCUT2D eigenvalue weighted by Crippen LogP contribution is -2.41. The van der Waals surface area contributed by atoms with Gasteiger partial charge in [-0.05, 0) is 56.9 Å². The van der Waals surface area contributed by atoms with Gasteiger partial charge in [0.05, 0.1) is 6.20 Å². The zero-order valence-electron chi connectivity index (χ0n) is 20.0. The first kappa shape index (κ1) is 26.1. The summed E-state index contributed by atoms with van der Waals surface area (Å²) < 4.78 is 1.83. The highest BCUT2D eigenvalue weighted by Crippen LogP contribution is 2.19. The Balaban J connectivity index is 0.000000186. The summed E-state index contributed by atoms with van der Waals surface area (Å²) in [6, 6.07) is 4.12. The van der Waals surface area contributed by atoms with Gasteiger partial charge in [-0.15, -0.1) is 0 Å². The quantitative estimate of drug-likeness (QED) is 0.582. The van der Waals surface area contributed by atoms with Crippen molar-refractivity contribution in [2.24, 2.45) is 11.5 Å². The Bertz CT molecular complexity index is 1040. The smallest absolute Gasteiger partial charge is 0.219 e. The zero-order chi connectivity index (χ0) is 24.4. The molecule has 3 aromatic heterocycles. The summed E-state index contributed by atoms with van der Waals surface area (Å²) in [5.74, 6) is 0.220. The number of fused-ring (bicyclic) bond motifs is 1. The topological polar surface area (TPSA) is 133 Å². The van der Waals surface area contributed by atoms with Crippen LogP contribution in [-0.2, 0) is 17.9 Å². The fourth-order valence-corrected chi connectivity index (χ4v) is 3.47. The first-order chi connectivity index (χ1) is 15.8. The lowest BCUT2D eigenvalue weighted by atomic mass is 10.1. The number of likely N-dealkylation sites (tertiary alicyclic amines) is 1. The number of aromatic nitrogens is 4. The Kier molecular flexibility index (Phi) is 10.1. The van der Waals surface area contributed by atoms with Crippen LogP contribution in [0, 0.1) is 6.92 Å². The molecule has 0 aromatic carbocycles. The second kappa shape index (κ2) is 12.8. The zero-order valence-corrected chi connectivity index (χ0v) is 20.0. The molecule has 1 amide bonds. The van der Waals surface area contributed by atoms with Crippen molar-refractivity contribution < 1.29 is 9.59 Å². The largest absolute Gasteiger partial charge is 0.343 e. The summed E-state index contributed by atoms with van der Waals surface area (Å²) in [7, 11) is 0. The molecule has 0 unspecified atom stereocenters. The molecule has 9 heteroatoms. The SMILES string of the molecule is CC(=O)N1CCC(N)CC1.CCn1ncc2c(C)c(C(C)=O)cnc21.NCc1ccncc1. The maximum atomic E-state index is 11.3. The van der Waals surface area contributed by atoms with Crippen molar-refractivity contribution in [1.82, 2.24) is 24.6 Å². The first-order valence-electron chi connectivity index (χ1n) is 11.2. The summed E-state index contributed by atoms with van der Waals surface area (Å²) in [5, 5.41) is 5.18. The van der Waals surface area contributed by atoms with E-state index in [0.717, 1.165) is 54.6 Å². The number of rotatable bonds is 3. The Morgan fingerprint density at radius 3 is 2.24 bits per heavy atom. The van der Waals surface area contributed by atoms with Crippen molar-refractivity contribution in [1.29, 1.82) is 0 Å². The van der Waals surface area contributed by atoms with Crippen LogP contribution in [-0.4, -0.2) is 55.5 Å². The van der Waals surface area contributed by atoms with E-state index in [-0.39, 0.29) is 11.7 Å². The van der Waals surface area contributed by atoms with Gasteiger partial charge < -0.3 is 16.4 Å². The van der Waals surface area contributed by atoms with Crippen LogP contribution < -0.4 is 11.5 Å². The summed E-state index contributed by atoms with van der Waals surface area (Å²) in [5.41, 5.74) is 14.6. The molecule has 1 aliphatic heterocycles. The number of hydrogen-bond donors (Lipinski definition) is 2. The fourth-order valence-electron chi connectivity index (χ4n) is 3.47. The predicted molar refractivity (Wildman–Crippen MR) is 130 cm³/mol. The standard InChI is InChI=1S/C11H13N3O.C7H14N2O.C6H8N2/c1-4-14-11-10(6-13-14)7(2)9(5-12-11)8(3)15;1-6(10)9-4-2-7(8)3-5-9;7-5-6-1-3-8-4-2-6/h5-6H,4H2,1-3H3;7H,2-5,8H2,1H3;1-4H,5,7H2. The van der Waals surface area contributed by atoms with Gasteiger partial charge in [-0.3, -0.25) is 14.6 Å². The molecule has 0 spiro atoms. The second-order valence-electron chi connectivity index (χ2n) is 7.95. The van der Waals surface area contributed by atoms with E-state index in [4.69, 9.17) is 11.5 Å². The summed E-state index contributed by atoms with van der Waals surface area (Å²) in [4.78, 5) is 32.1. The van der Waals surface area contributed by atoms with E-state index in [2.05, 4.69) is 15.1 Å². The molecule has 33 heavy (non-hydrogen) atoms. The number of ketones is 1. The van der Waals surface area contributed by atoms with Crippen molar-refractivity contribution >= 4 is 22.7 Å². The van der Waals surface area contributed by atoms with Crippen LogP contribution in [0.1, 0.15) is 55.1 Å². The van der Waals surface area contributed by atoms with E-state index in [0.29, 0.717) is 18.2 Å². The van der Waals surface area contributed by atoms with Gasteiger partial charge in [-0.1, -0.05) is 0 Å². The molecular formula is C24H35N7O2. The van der Waals surface area contributed by atoms with E-state index in [1.807, 2.05) is 35.6 Å². The molecular weight excluding hydrogens is 418 g/mol. The van der Waals surface area contributed by atoms with Crippen LogP contribution in [0.3, 0.4) is 0 Å². The summed E-state index contributed by atoms with van der Waals surface area (Å²) in [6.07, 6.45) is 8.80. The molecule has 1 fully saturated rings. The number of pyridine rings is 2. The monoisotopic (exact) mass is 453 g/mol. The highest BCUT2D eigenvalue weighted by molar-refractivity contribution is 5.99. The number of Topliss-reactive ketones (excluding diaryl/α,β-unsaturated/α-hetero) is 1. The predicted octanol–water partition coefficient (Wildman–Crippen LogP) is 2.46. The van der Waals surface area contributed by atoms with E-state index >= 15 is 0 Å². The third-order valence-corrected chi connectivity index (χ3v) is 5.58. The molecule has 1 saturated heterocycles. The van der Waals surface area contributed by atoms with Gasteiger partial charge in [0, 0.05) is 68.7 Å². The van der Waals surface area contributed by atoms with Crippen molar-refractivity contribution in [2.75, 3.05) is 13.1 Å². The fraction of sp³-hybridized carbons (Fsp3) is 0.458. The van der Waals surface area contributed by atoms with Crippen molar-refractivity contribution in [3.05, 3.63) is 53.6 Å². The van der Waals surface area contributed by atoms with Crippen LogP contribution in [0.15, 0.2) is 36.9 Å². The molecule has 0 radical (unpaired) electrons. The van der Waals surface area contributed by atoms with Gasteiger partial charge in [0.15, 0.2) is 11.4 Å². The average molecular weight is 454 g/mol. The number of carbonyl (C=O) groups excluding carboxylic acids is 2. The number of hydrogen-bond acceptors (Lipinski definition) is 7. The molecule has 3 aromatic rings. The Labute approximate surface area is 195 Å². The van der Waals surface area contributed by atoms with Crippen LogP contribution in [0.4, 0.5) is 0 Å². The lowest BCUT2D eigenvalue weighted by molar-refractivity contribution is -0.129. The molecule has 0 saturated carbocycles. The van der Waals surface area contributed by atoms with Gasteiger partial charge in [0.1, 0.15) is 0 Å². The number of nitrogens with zero attached hydrogens (tertiary/aromatic N) is 5. The average Bonchev–Trinajstić information content (AvgIpc) is 3.25. The third kappa shape index (κ3) is 7.44. The molecule has 178 valence electrons. The van der Waals surface area contributed by atoms with Crippen molar-refractivity contribution in [3.63, 3.8) is 0 Å². The number of carbonyl (C=O) groups is 2. The highest BCUT2D eigenvalue weighted by Gasteiger charge is 2.17. The van der Waals surface area contributed by atoms with Crippen molar-refractivity contribution in [2.45, 2.75) is 59.7 Å².